The molecule has 1 N–H and O–H groups in total. The highest BCUT2D eigenvalue weighted by Crippen LogP contribution is 2.36. The number of pyridine rings is 2. The zero-order valence-electron chi connectivity index (χ0n) is 38.0. The lowest BCUT2D eigenvalue weighted by Gasteiger charge is -2.16. The third-order valence-electron chi connectivity index (χ3n) is 5.11. The molecule has 2 heterocycles. The van der Waals surface area contributed by atoms with Crippen LogP contribution in [-0.4, -0.2) is 47.9 Å². The van der Waals surface area contributed by atoms with Crippen LogP contribution in [0.15, 0.2) is 66.6 Å². The minimum Gasteiger partial charge on any atom is -0.494 e. The number of halogens is 1. The molecule has 0 fully saturated rings. The van der Waals surface area contributed by atoms with Crippen molar-refractivity contribution < 1.29 is 36.2 Å². The fourth-order valence-electron chi connectivity index (χ4n) is 3.36. The van der Waals surface area contributed by atoms with Crippen LogP contribution in [0.2, 0.25) is 5.02 Å². The summed E-state index contributed by atoms with van der Waals surface area (Å²) in [6.07, 6.45) is -1.86. The number of hydrogen-bond acceptors (Lipinski definition) is 8. The number of carbonyl (C=O) groups is 1. The van der Waals surface area contributed by atoms with E-state index in [-0.39, 0.29) is 24.0 Å². The molecular weight excluding hydrogens is 538 g/mol. The maximum atomic E-state index is 13.4. The summed E-state index contributed by atoms with van der Waals surface area (Å²) in [5.41, 5.74) is -3.05. The largest absolute Gasteiger partial charge is 0.494 e. The first kappa shape index (κ1) is 15.0. The number of nitrogens with one attached hydrogen (secondary N) is 1. The Morgan fingerprint density at radius 3 is 2.90 bits per heavy atom. The van der Waals surface area contributed by atoms with Crippen LogP contribution in [0.25, 0.3) is 10.9 Å². The second kappa shape index (κ2) is 13.8. The van der Waals surface area contributed by atoms with Crippen molar-refractivity contribution in [2.45, 2.75) is 26.8 Å². The Morgan fingerprint density at radius 1 is 1.27 bits per heavy atom. The molecule has 41 heavy (non-hydrogen) atoms. The Morgan fingerprint density at radius 2 is 2.12 bits per heavy atom. The van der Waals surface area contributed by atoms with E-state index in [9.17, 15) is 11.4 Å². The lowest BCUT2D eigenvalue weighted by atomic mass is 10.0. The van der Waals surface area contributed by atoms with Gasteiger partial charge in [-0.2, -0.15) is 5.26 Å². The van der Waals surface area contributed by atoms with Crippen molar-refractivity contribution in [3.05, 3.63) is 94.2 Å². The molecular formula is C32H32ClN5O3. The van der Waals surface area contributed by atoms with Gasteiger partial charge in [0, 0.05) is 51.6 Å². The molecule has 0 aliphatic heterocycles. The molecule has 2 aromatic carbocycles. The molecule has 0 saturated carbocycles. The third kappa shape index (κ3) is 7.82. The topological polar surface area (TPSA) is 100 Å². The van der Waals surface area contributed by atoms with Crippen LogP contribution in [-0.2, 0) is 17.8 Å². The van der Waals surface area contributed by atoms with Gasteiger partial charge in [0.2, 0.25) is 0 Å². The SMILES string of the molecule is [2H]/C(CN(C)C)=C(/[2H])C(=O)Cc1c(OC([2H])([2H])C([2H])([2H])[2H])c([2H])c2nc([2H])c(C#N)c(Nc3c([2H])c([2H])c(OCc4nc(C)c([2H])c([2H])c4[2H])c(Cl)c3[2H])c2c1[2H]. The van der Waals surface area contributed by atoms with E-state index in [1.54, 1.807) is 20.2 Å². The maximum Gasteiger partial charge on any atom is 0.159 e. The van der Waals surface area contributed by atoms with Crippen LogP contribution in [0.4, 0.5) is 11.4 Å². The standard InChI is InChI=1S/C32H32ClN5O3/c1-5-40-31-17-29-27(15-22(31)14-26(39)10-7-13-38(3)4)32(23(18-34)19-35-29)37-24-11-12-30(28(33)16-24)41-20-25-9-6-8-21(2)36-25/h6-12,15-17,19H,5,13-14,20H2,1-4H3,(H,35,37)/b10-7+/i1D3,5D2,6D,7D,8D,9D,10D,11D,12D,15D,16D,17D,19D. The van der Waals surface area contributed by atoms with Gasteiger partial charge in [-0.3, -0.25) is 14.8 Å². The number of aromatic nitrogens is 2. The molecule has 0 atom stereocenters. The van der Waals surface area contributed by atoms with Crippen LogP contribution in [0, 0.1) is 18.3 Å². The monoisotopic (exact) mass is 585 g/mol. The highest BCUT2D eigenvalue weighted by Gasteiger charge is 2.16. The molecule has 0 spiro atoms. The number of likely N-dealkylation sites (N-methyl/N-ethyl adjacent to an activating group) is 1. The van der Waals surface area contributed by atoms with E-state index in [0.29, 0.717) is 0 Å². The minimum absolute atomic E-state index is 0.0995. The lowest BCUT2D eigenvalue weighted by molar-refractivity contribution is -0.114. The summed E-state index contributed by atoms with van der Waals surface area (Å²) in [7, 11) is 3.15. The number of benzene rings is 2. The van der Waals surface area contributed by atoms with E-state index in [2.05, 4.69) is 15.3 Å². The molecule has 2 aromatic heterocycles. The molecule has 0 amide bonds. The number of fused-ring (bicyclic) bond motifs is 1. The van der Waals surface area contributed by atoms with E-state index in [0.717, 1.165) is 0 Å². The van der Waals surface area contributed by atoms with Gasteiger partial charge in [-0.15, -0.1) is 0 Å². The smallest absolute Gasteiger partial charge is 0.159 e. The zero-order chi connectivity index (χ0) is 43.2. The Bertz CT molecular complexity index is 2370. The van der Waals surface area contributed by atoms with Gasteiger partial charge in [-0.25, -0.2) is 0 Å². The molecule has 0 unspecified atom stereocenters. The molecule has 0 saturated heterocycles. The molecule has 4 aromatic rings. The quantitative estimate of drug-likeness (QED) is 0.190. The predicted octanol–water partition coefficient (Wildman–Crippen LogP) is 6.41. The summed E-state index contributed by atoms with van der Waals surface area (Å²) < 4.78 is 143. The summed E-state index contributed by atoms with van der Waals surface area (Å²) in [5, 5.41) is 11.6. The molecule has 8 nitrogen and oxygen atoms in total. The fourth-order valence-corrected chi connectivity index (χ4v) is 3.56. The Balaban J connectivity index is 1.99. The average Bonchev–Trinajstić information content (AvgIpc) is 3.12. The van der Waals surface area contributed by atoms with Crippen LogP contribution >= 0.6 is 11.6 Å². The first-order valence-corrected chi connectivity index (χ1v) is 12.2. The zero-order valence-corrected chi connectivity index (χ0v) is 22.8. The van der Waals surface area contributed by atoms with E-state index in [4.69, 9.17) is 41.6 Å². The summed E-state index contributed by atoms with van der Waals surface area (Å²) in [4.78, 5) is 22.9. The Kier molecular flexibility index (Phi) is 5.02. The van der Waals surface area contributed by atoms with E-state index in [1.807, 2.05) is 0 Å². The van der Waals surface area contributed by atoms with Crippen molar-refractivity contribution in [1.82, 2.24) is 14.9 Å². The third-order valence-corrected chi connectivity index (χ3v) is 5.38. The molecule has 0 aliphatic rings. The lowest BCUT2D eigenvalue weighted by Crippen LogP contribution is -2.11. The van der Waals surface area contributed by atoms with Crippen molar-refractivity contribution in [2.75, 3.05) is 32.5 Å². The van der Waals surface area contributed by atoms with Gasteiger partial charge in [0.25, 0.3) is 0 Å². The number of anilines is 2. The molecule has 0 bridgehead atoms. The average molecular weight is 586 g/mol. The highest BCUT2D eigenvalue weighted by atomic mass is 35.5. The Hall–Kier alpha value is -4.45. The number of hydrogen-bond donors (Lipinski definition) is 1. The van der Waals surface area contributed by atoms with Crippen molar-refractivity contribution >= 4 is 39.7 Å². The first-order valence-electron chi connectivity index (χ1n) is 19.8. The molecule has 0 radical (unpaired) electrons. The number of aryl methyl sites for hydroxylation is 1. The predicted molar refractivity (Wildman–Crippen MR) is 162 cm³/mol. The number of carbonyl (C=O) groups excluding carboxylic acids is 1. The van der Waals surface area contributed by atoms with Crippen molar-refractivity contribution in [1.29, 1.82) is 5.26 Å². The molecule has 4 rings (SSSR count). The summed E-state index contributed by atoms with van der Waals surface area (Å²) in [6.45, 7) is -6.26. The van der Waals surface area contributed by atoms with Gasteiger partial charge in [-0.05, 0) is 70.2 Å². The second-order valence-corrected chi connectivity index (χ2v) is 8.91. The first-order chi connectivity index (χ1) is 26.3. The van der Waals surface area contributed by atoms with Gasteiger partial charge in [0.05, 0.1) is 51.9 Å². The number of nitrogens with zero attached hydrogens (tertiary/aromatic N) is 4. The molecule has 9 heteroatoms. The van der Waals surface area contributed by atoms with Crippen molar-refractivity contribution in [2.24, 2.45) is 0 Å². The van der Waals surface area contributed by atoms with Crippen LogP contribution in [0.5, 0.6) is 11.5 Å². The van der Waals surface area contributed by atoms with Gasteiger partial charge in [-0.1, -0.05) is 23.7 Å². The van der Waals surface area contributed by atoms with Gasteiger partial charge >= 0.3 is 0 Å². The van der Waals surface area contributed by atoms with Gasteiger partial charge in [0.15, 0.2) is 5.78 Å². The summed E-state index contributed by atoms with van der Waals surface area (Å²) in [5.74, 6) is -2.59. The number of rotatable bonds is 12. The molecule has 210 valence electrons. The fraction of sp³-hybridized carbons (Fsp3) is 0.250. The normalized spacial score (nSPS) is 17.9. The minimum atomic E-state index is -3.53. The second-order valence-electron chi connectivity index (χ2n) is 8.54. The van der Waals surface area contributed by atoms with Crippen molar-refractivity contribution in [3.8, 4) is 17.6 Å². The van der Waals surface area contributed by atoms with E-state index < -0.39 is 143 Å². The number of ketones is 1. The highest BCUT2D eigenvalue weighted by molar-refractivity contribution is 6.32. The van der Waals surface area contributed by atoms with Crippen molar-refractivity contribution in [3.63, 3.8) is 0 Å². The van der Waals surface area contributed by atoms with Gasteiger partial charge < -0.3 is 19.7 Å². The summed E-state index contributed by atoms with van der Waals surface area (Å²) in [6, 6.07) is -4.70. The van der Waals surface area contributed by atoms with Gasteiger partial charge in [0.1, 0.15) is 24.2 Å². The molecule has 0 aliphatic carbocycles. The maximum absolute atomic E-state index is 13.4. The van der Waals surface area contributed by atoms with Crippen LogP contribution < -0.4 is 14.8 Å². The number of nitriles is 1. The number of ether oxygens (including phenoxy) is 2. The summed E-state index contributed by atoms with van der Waals surface area (Å²) >= 11 is 6.46. The van der Waals surface area contributed by atoms with E-state index >= 15 is 0 Å². The number of allylic oxidation sites excluding steroid dienone is 1. The Labute approximate surface area is 267 Å². The van der Waals surface area contributed by atoms with Crippen LogP contribution in [0.3, 0.4) is 0 Å². The van der Waals surface area contributed by atoms with Crippen LogP contribution in [0.1, 0.15) is 51.3 Å². The van der Waals surface area contributed by atoms with E-state index in [1.165, 1.54) is 11.8 Å².